The quantitative estimate of drug-likeness (QED) is 0.121. The number of phenols is 1. The summed E-state index contributed by atoms with van der Waals surface area (Å²) in [4.78, 5) is 56.8. The summed E-state index contributed by atoms with van der Waals surface area (Å²) in [6.45, 7) is 1.93. The molecule has 1 heterocycles. The molecule has 2 N–H and O–H groups in total. The fourth-order valence-electron chi connectivity index (χ4n) is 7.97. The molecule has 4 atom stereocenters. The van der Waals surface area contributed by atoms with Crippen LogP contribution in [-0.2, 0) is 25.8 Å². The number of para-hydroxylation sites is 1. The number of nitrogens with one attached hydrogen (secondary N) is 1. The number of ketones is 2. The molecule has 4 unspecified atom stereocenters. The maximum absolute atomic E-state index is 14.3. The van der Waals surface area contributed by atoms with Gasteiger partial charge in [-0.1, -0.05) is 66.2 Å². The summed E-state index contributed by atoms with van der Waals surface area (Å²) in [5.41, 5.74) is 5.41. The third kappa shape index (κ3) is 5.33. The van der Waals surface area contributed by atoms with E-state index in [1.807, 2.05) is 78.9 Å². The Kier molecular flexibility index (Phi) is 7.79. The minimum Gasteiger partial charge on any atom is -0.507 e. The van der Waals surface area contributed by atoms with Crippen LogP contribution in [-0.4, -0.2) is 28.5 Å². The molecule has 0 saturated carbocycles. The van der Waals surface area contributed by atoms with Gasteiger partial charge in [0.1, 0.15) is 18.1 Å². The number of anilines is 3. The lowest BCUT2D eigenvalue weighted by Crippen LogP contribution is -2.39. The first-order valence-corrected chi connectivity index (χ1v) is 16.8. The molecule has 0 radical (unpaired) electrons. The average molecular weight is 663 g/mol. The van der Waals surface area contributed by atoms with E-state index in [9.17, 15) is 24.3 Å². The number of phenolic OH excluding ortho intramolecular Hbond substituents is 1. The SMILES string of the molecule is CC1=CC(=O)C2=C(CC3C(=CCC4C(=O)N(c5ccc(Nc6ccccc6)cc5)C(=O)C43)C2c2ccc(OCc3ccccc3)cc2O)C1=O. The van der Waals surface area contributed by atoms with Crippen molar-refractivity contribution in [2.45, 2.75) is 32.3 Å². The van der Waals surface area contributed by atoms with Crippen LogP contribution in [0, 0.1) is 17.8 Å². The van der Waals surface area contributed by atoms with Crippen LogP contribution >= 0.6 is 0 Å². The Morgan fingerprint density at radius 3 is 2.24 bits per heavy atom. The topological polar surface area (TPSA) is 113 Å². The van der Waals surface area contributed by atoms with Crippen molar-refractivity contribution >= 4 is 40.4 Å². The van der Waals surface area contributed by atoms with E-state index >= 15 is 0 Å². The fourth-order valence-corrected chi connectivity index (χ4v) is 7.97. The Bertz CT molecular complexity index is 2150. The third-order valence-corrected chi connectivity index (χ3v) is 10.3. The van der Waals surface area contributed by atoms with E-state index in [2.05, 4.69) is 5.32 Å². The van der Waals surface area contributed by atoms with Crippen molar-refractivity contribution in [1.29, 1.82) is 0 Å². The molecule has 0 aromatic heterocycles. The highest BCUT2D eigenvalue weighted by atomic mass is 16.5. The van der Waals surface area contributed by atoms with E-state index in [4.69, 9.17) is 4.74 Å². The van der Waals surface area contributed by atoms with Gasteiger partial charge in [0.15, 0.2) is 11.6 Å². The number of imide groups is 1. The number of hydrogen-bond donors (Lipinski definition) is 2. The second-order valence-electron chi connectivity index (χ2n) is 13.3. The number of nitrogens with zero attached hydrogens (tertiary/aromatic N) is 1. The fraction of sp³-hybridized carbons (Fsp3) is 0.190. The Morgan fingerprint density at radius 1 is 0.820 bits per heavy atom. The molecule has 4 aromatic rings. The summed E-state index contributed by atoms with van der Waals surface area (Å²) in [6.07, 6.45) is 3.78. The van der Waals surface area contributed by atoms with Gasteiger partial charge in [-0.15, -0.1) is 0 Å². The second kappa shape index (κ2) is 12.5. The maximum Gasteiger partial charge on any atom is 0.238 e. The number of carbonyl (C=O) groups is 4. The first kappa shape index (κ1) is 31.3. The minimum atomic E-state index is -0.756. The van der Waals surface area contributed by atoms with Crippen LogP contribution in [0.1, 0.15) is 36.8 Å². The van der Waals surface area contributed by atoms with Crippen molar-refractivity contribution in [3.8, 4) is 11.5 Å². The lowest BCUT2D eigenvalue weighted by molar-refractivity contribution is -0.123. The molecule has 4 aromatic carbocycles. The first-order valence-electron chi connectivity index (χ1n) is 16.8. The van der Waals surface area contributed by atoms with Crippen LogP contribution in [0.4, 0.5) is 17.1 Å². The molecule has 1 aliphatic heterocycles. The highest BCUT2D eigenvalue weighted by Crippen LogP contribution is 2.56. The lowest BCUT2D eigenvalue weighted by atomic mass is 9.59. The van der Waals surface area contributed by atoms with Crippen LogP contribution in [0.15, 0.2) is 138 Å². The molecule has 8 rings (SSSR count). The van der Waals surface area contributed by atoms with E-state index in [0.29, 0.717) is 46.7 Å². The van der Waals surface area contributed by atoms with Gasteiger partial charge in [-0.3, -0.25) is 24.1 Å². The predicted molar refractivity (Wildman–Crippen MR) is 189 cm³/mol. The van der Waals surface area contributed by atoms with Crippen LogP contribution in [0.3, 0.4) is 0 Å². The van der Waals surface area contributed by atoms with Gasteiger partial charge in [0.25, 0.3) is 0 Å². The predicted octanol–water partition coefficient (Wildman–Crippen LogP) is 7.35. The number of hydrogen-bond acceptors (Lipinski definition) is 7. The standard InChI is InChI=1S/C42H34N2O6/c1-24-20-36(46)39-34(40(24)47)22-33-30(37(39)31-17-16-29(21-35(31)45)50-23-25-8-4-2-5-9-25)18-19-32-38(33)42(49)44(41(32)48)28-14-12-27(13-15-28)43-26-10-6-3-7-11-26/h2-18,20-21,32-33,37-38,43,45H,19,22-23H2,1H3. The van der Waals surface area contributed by atoms with Crippen molar-refractivity contribution in [3.05, 3.63) is 149 Å². The van der Waals surface area contributed by atoms with Gasteiger partial charge >= 0.3 is 0 Å². The highest BCUT2D eigenvalue weighted by molar-refractivity contribution is 6.25. The minimum absolute atomic E-state index is 0.0812. The summed E-state index contributed by atoms with van der Waals surface area (Å²) in [7, 11) is 0. The zero-order chi connectivity index (χ0) is 34.5. The lowest BCUT2D eigenvalue weighted by Gasteiger charge is -2.42. The van der Waals surface area contributed by atoms with Gasteiger partial charge < -0.3 is 15.2 Å². The molecule has 0 spiro atoms. The Labute approximate surface area is 289 Å². The van der Waals surface area contributed by atoms with Crippen molar-refractivity contribution < 1.29 is 29.0 Å². The molecule has 248 valence electrons. The third-order valence-electron chi connectivity index (χ3n) is 10.3. The summed E-state index contributed by atoms with van der Waals surface area (Å²) in [5.74, 6) is -3.34. The van der Waals surface area contributed by atoms with E-state index < -0.39 is 23.7 Å². The maximum atomic E-state index is 14.3. The number of carbonyl (C=O) groups excluding carboxylic acids is 4. The smallest absolute Gasteiger partial charge is 0.238 e. The summed E-state index contributed by atoms with van der Waals surface area (Å²) in [6, 6.07) is 31.5. The Morgan fingerprint density at radius 2 is 1.52 bits per heavy atom. The summed E-state index contributed by atoms with van der Waals surface area (Å²) >= 11 is 0. The van der Waals surface area contributed by atoms with Crippen LogP contribution < -0.4 is 15.0 Å². The number of rotatable bonds is 7. The van der Waals surface area contributed by atoms with Crippen molar-refractivity contribution in [3.63, 3.8) is 0 Å². The van der Waals surface area contributed by atoms with Gasteiger partial charge in [0.05, 0.1) is 17.5 Å². The number of Topliss-reactive ketones (excluding diaryl/α,β-unsaturated/α-hetero) is 1. The Hall–Kier alpha value is -6.02. The van der Waals surface area contributed by atoms with Gasteiger partial charge in [-0.05, 0) is 79.8 Å². The number of ether oxygens (including phenoxy) is 1. The second-order valence-corrected chi connectivity index (χ2v) is 13.3. The molecule has 3 aliphatic carbocycles. The normalized spacial score (nSPS) is 22.8. The molecular formula is C42H34N2O6. The average Bonchev–Trinajstić information content (AvgIpc) is 3.39. The van der Waals surface area contributed by atoms with Crippen LogP contribution in [0.2, 0.25) is 0 Å². The molecule has 4 aliphatic rings. The molecule has 2 amide bonds. The van der Waals surface area contributed by atoms with Crippen molar-refractivity contribution in [2.24, 2.45) is 17.8 Å². The Balaban J connectivity index is 1.12. The van der Waals surface area contributed by atoms with E-state index in [-0.39, 0.29) is 35.6 Å². The van der Waals surface area contributed by atoms with Crippen LogP contribution in [0.5, 0.6) is 11.5 Å². The molecule has 8 heteroatoms. The molecular weight excluding hydrogens is 628 g/mol. The van der Waals surface area contributed by atoms with E-state index in [0.717, 1.165) is 22.5 Å². The zero-order valence-electron chi connectivity index (χ0n) is 27.3. The van der Waals surface area contributed by atoms with Crippen LogP contribution in [0.25, 0.3) is 0 Å². The van der Waals surface area contributed by atoms with Gasteiger partial charge in [-0.25, -0.2) is 0 Å². The van der Waals surface area contributed by atoms with E-state index in [1.165, 1.54) is 17.0 Å². The number of aromatic hydroxyl groups is 1. The van der Waals surface area contributed by atoms with Crippen molar-refractivity contribution in [2.75, 3.05) is 10.2 Å². The number of benzene rings is 4. The number of fused-ring (bicyclic) bond motifs is 3. The van der Waals surface area contributed by atoms with Gasteiger partial charge in [0, 0.05) is 45.6 Å². The summed E-state index contributed by atoms with van der Waals surface area (Å²) < 4.78 is 5.95. The monoisotopic (exact) mass is 662 g/mol. The largest absolute Gasteiger partial charge is 0.507 e. The van der Waals surface area contributed by atoms with E-state index in [1.54, 1.807) is 31.2 Å². The molecule has 8 nitrogen and oxygen atoms in total. The number of allylic oxidation sites excluding steroid dienone is 6. The van der Waals surface area contributed by atoms with Crippen molar-refractivity contribution in [1.82, 2.24) is 0 Å². The number of amides is 2. The van der Waals surface area contributed by atoms with Gasteiger partial charge in [0.2, 0.25) is 11.8 Å². The highest BCUT2D eigenvalue weighted by Gasteiger charge is 2.56. The molecule has 50 heavy (non-hydrogen) atoms. The van der Waals surface area contributed by atoms with Gasteiger partial charge in [-0.2, -0.15) is 0 Å². The molecule has 1 fully saturated rings. The molecule has 0 bridgehead atoms. The summed E-state index contributed by atoms with van der Waals surface area (Å²) in [5, 5.41) is 14.8. The molecule has 1 saturated heterocycles. The first-order chi connectivity index (χ1) is 24.3. The zero-order valence-corrected chi connectivity index (χ0v) is 27.3.